The standard InChI is InChI=1S/C20H26N6O4/c1-13-5-3-4-6-15(13)30-12-14(27)11-26-16-17(24(2)20(29)23-18(16)28)22-19(26)25-9-7-21-8-10-25/h3-6,14,21,27H,7-12H2,1-2H3,(H,23,28,29)/t14-/m0/s1. The number of aryl methyl sites for hydroxylation is 2. The number of anilines is 1. The summed E-state index contributed by atoms with van der Waals surface area (Å²) >= 11 is 0. The SMILES string of the molecule is Cc1ccccc1OC[C@@H](O)Cn1c(N2CCNCC2)nc2c1c(=O)[nH]c(=O)n2C. The molecule has 1 saturated heterocycles. The van der Waals surface area contributed by atoms with Crippen LogP contribution in [0.3, 0.4) is 0 Å². The number of piperazine rings is 1. The van der Waals surface area contributed by atoms with Gasteiger partial charge in [0.25, 0.3) is 5.56 Å². The molecule has 0 spiro atoms. The third-order valence-corrected chi connectivity index (χ3v) is 5.30. The number of aromatic amines is 1. The molecule has 1 fully saturated rings. The van der Waals surface area contributed by atoms with Gasteiger partial charge >= 0.3 is 5.69 Å². The Morgan fingerprint density at radius 3 is 2.70 bits per heavy atom. The van der Waals surface area contributed by atoms with Gasteiger partial charge in [0, 0.05) is 33.2 Å². The number of aromatic nitrogens is 4. The van der Waals surface area contributed by atoms with Gasteiger partial charge in [-0.05, 0) is 18.6 Å². The predicted molar refractivity (Wildman–Crippen MR) is 113 cm³/mol. The molecule has 160 valence electrons. The minimum atomic E-state index is -0.875. The zero-order chi connectivity index (χ0) is 21.3. The molecule has 3 heterocycles. The number of hydrogen-bond donors (Lipinski definition) is 3. The summed E-state index contributed by atoms with van der Waals surface area (Å²) in [6, 6.07) is 7.59. The first kappa shape index (κ1) is 20.2. The Hall–Kier alpha value is -3.11. The highest BCUT2D eigenvalue weighted by Gasteiger charge is 2.24. The lowest BCUT2D eigenvalue weighted by Crippen LogP contribution is -2.45. The number of para-hydroxylation sites is 1. The van der Waals surface area contributed by atoms with E-state index in [2.05, 4.69) is 20.2 Å². The van der Waals surface area contributed by atoms with Crippen LogP contribution in [0.1, 0.15) is 5.56 Å². The van der Waals surface area contributed by atoms with Crippen LogP contribution >= 0.6 is 0 Å². The number of nitrogens with one attached hydrogen (secondary N) is 2. The van der Waals surface area contributed by atoms with Crippen molar-refractivity contribution in [2.24, 2.45) is 7.05 Å². The summed E-state index contributed by atoms with van der Waals surface area (Å²) < 4.78 is 8.77. The number of imidazole rings is 1. The fourth-order valence-corrected chi connectivity index (χ4v) is 3.67. The van der Waals surface area contributed by atoms with Crippen LogP contribution in [0.25, 0.3) is 11.2 Å². The minimum absolute atomic E-state index is 0.0647. The lowest BCUT2D eigenvalue weighted by atomic mass is 10.2. The summed E-state index contributed by atoms with van der Waals surface area (Å²) in [5, 5.41) is 14.0. The third-order valence-electron chi connectivity index (χ3n) is 5.30. The summed E-state index contributed by atoms with van der Waals surface area (Å²) in [6.45, 7) is 5.12. The zero-order valence-electron chi connectivity index (χ0n) is 17.1. The molecule has 1 aliphatic rings. The van der Waals surface area contributed by atoms with E-state index >= 15 is 0 Å². The number of H-pyrrole nitrogens is 1. The van der Waals surface area contributed by atoms with Gasteiger partial charge < -0.3 is 24.6 Å². The van der Waals surface area contributed by atoms with Crippen LogP contribution in [0, 0.1) is 6.92 Å². The normalized spacial score (nSPS) is 15.5. The first-order valence-corrected chi connectivity index (χ1v) is 9.97. The van der Waals surface area contributed by atoms with Crippen LogP contribution in [0.2, 0.25) is 0 Å². The number of fused-ring (bicyclic) bond motifs is 1. The largest absolute Gasteiger partial charge is 0.491 e. The minimum Gasteiger partial charge on any atom is -0.491 e. The maximum absolute atomic E-state index is 12.6. The van der Waals surface area contributed by atoms with Crippen molar-refractivity contribution in [1.82, 2.24) is 24.4 Å². The van der Waals surface area contributed by atoms with Crippen molar-refractivity contribution in [1.29, 1.82) is 0 Å². The number of aliphatic hydroxyl groups is 1. The number of hydrogen-bond acceptors (Lipinski definition) is 7. The van der Waals surface area contributed by atoms with E-state index in [1.165, 1.54) is 4.57 Å². The van der Waals surface area contributed by atoms with Crippen molar-refractivity contribution >= 4 is 17.1 Å². The van der Waals surface area contributed by atoms with E-state index in [9.17, 15) is 14.7 Å². The van der Waals surface area contributed by atoms with Gasteiger partial charge in [0.2, 0.25) is 5.95 Å². The van der Waals surface area contributed by atoms with Gasteiger partial charge in [-0.2, -0.15) is 4.98 Å². The Kier molecular flexibility index (Phi) is 5.60. The zero-order valence-corrected chi connectivity index (χ0v) is 17.1. The van der Waals surface area contributed by atoms with Crippen LogP contribution in [0.4, 0.5) is 5.95 Å². The Morgan fingerprint density at radius 1 is 1.23 bits per heavy atom. The van der Waals surface area contributed by atoms with E-state index in [-0.39, 0.29) is 18.7 Å². The van der Waals surface area contributed by atoms with Crippen molar-refractivity contribution in [3.8, 4) is 5.75 Å². The van der Waals surface area contributed by atoms with Crippen LogP contribution in [-0.2, 0) is 13.6 Å². The van der Waals surface area contributed by atoms with E-state index in [1.807, 2.05) is 31.2 Å². The summed E-state index contributed by atoms with van der Waals surface area (Å²) in [6.07, 6.45) is -0.875. The van der Waals surface area contributed by atoms with Gasteiger partial charge in [0.1, 0.15) is 18.5 Å². The first-order valence-electron chi connectivity index (χ1n) is 9.97. The molecule has 2 aromatic heterocycles. The van der Waals surface area contributed by atoms with Gasteiger partial charge in [0.05, 0.1) is 6.54 Å². The molecule has 0 bridgehead atoms. The van der Waals surface area contributed by atoms with E-state index < -0.39 is 17.4 Å². The second-order valence-electron chi connectivity index (χ2n) is 7.48. The van der Waals surface area contributed by atoms with Crippen molar-refractivity contribution in [2.45, 2.75) is 19.6 Å². The lowest BCUT2D eigenvalue weighted by molar-refractivity contribution is 0.0933. The second kappa shape index (κ2) is 8.33. The van der Waals surface area contributed by atoms with E-state index in [0.29, 0.717) is 30.4 Å². The summed E-state index contributed by atoms with van der Waals surface area (Å²) in [7, 11) is 1.57. The lowest BCUT2D eigenvalue weighted by Gasteiger charge is -2.29. The Bertz CT molecular complexity index is 1160. The van der Waals surface area contributed by atoms with Crippen molar-refractivity contribution in [2.75, 3.05) is 37.7 Å². The summed E-state index contributed by atoms with van der Waals surface area (Å²) in [5.41, 5.74) is 0.497. The molecular formula is C20H26N6O4. The van der Waals surface area contributed by atoms with E-state index in [1.54, 1.807) is 11.6 Å². The number of benzene rings is 1. The van der Waals surface area contributed by atoms with Crippen molar-refractivity contribution < 1.29 is 9.84 Å². The highest BCUT2D eigenvalue weighted by Crippen LogP contribution is 2.21. The predicted octanol–water partition coefficient (Wildman–Crippen LogP) is -0.419. The smallest absolute Gasteiger partial charge is 0.329 e. The van der Waals surface area contributed by atoms with Crippen molar-refractivity contribution in [3.63, 3.8) is 0 Å². The molecule has 0 amide bonds. The average molecular weight is 414 g/mol. The Balaban J connectivity index is 1.67. The molecule has 4 rings (SSSR count). The number of rotatable bonds is 6. The molecule has 0 aliphatic carbocycles. The quantitative estimate of drug-likeness (QED) is 0.502. The van der Waals surface area contributed by atoms with Crippen LogP contribution in [0.15, 0.2) is 33.9 Å². The molecule has 1 atom stereocenters. The maximum Gasteiger partial charge on any atom is 0.329 e. The average Bonchev–Trinajstić information content (AvgIpc) is 3.12. The molecule has 1 aromatic carbocycles. The number of nitrogens with zero attached hydrogens (tertiary/aromatic N) is 4. The molecule has 30 heavy (non-hydrogen) atoms. The van der Waals surface area contributed by atoms with Gasteiger partial charge in [-0.15, -0.1) is 0 Å². The topological polar surface area (TPSA) is 117 Å². The van der Waals surface area contributed by atoms with Gasteiger partial charge in [-0.1, -0.05) is 18.2 Å². The molecule has 1 aliphatic heterocycles. The molecule has 10 heteroatoms. The van der Waals surface area contributed by atoms with Crippen molar-refractivity contribution in [3.05, 3.63) is 50.7 Å². The van der Waals surface area contributed by atoms with Crippen LogP contribution in [-0.4, -0.2) is 63.1 Å². The first-order chi connectivity index (χ1) is 14.5. The number of aliphatic hydroxyl groups excluding tert-OH is 1. The van der Waals surface area contributed by atoms with Crippen LogP contribution < -0.4 is 26.2 Å². The molecule has 0 saturated carbocycles. The number of ether oxygens (including phenoxy) is 1. The second-order valence-corrected chi connectivity index (χ2v) is 7.48. The molecule has 10 nitrogen and oxygen atoms in total. The molecular weight excluding hydrogens is 388 g/mol. The molecule has 3 N–H and O–H groups in total. The van der Waals surface area contributed by atoms with Gasteiger partial charge in [0.15, 0.2) is 11.2 Å². The highest BCUT2D eigenvalue weighted by molar-refractivity contribution is 5.74. The fraction of sp³-hybridized carbons (Fsp3) is 0.450. The Labute approximate surface area is 172 Å². The monoisotopic (exact) mass is 414 g/mol. The maximum atomic E-state index is 12.6. The summed E-state index contributed by atoms with van der Waals surface area (Å²) in [4.78, 5) is 33.6. The molecule has 0 radical (unpaired) electrons. The molecule has 3 aromatic rings. The summed E-state index contributed by atoms with van der Waals surface area (Å²) in [5.74, 6) is 1.27. The third kappa shape index (κ3) is 3.83. The molecule has 0 unspecified atom stereocenters. The van der Waals surface area contributed by atoms with E-state index in [0.717, 1.165) is 18.7 Å². The van der Waals surface area contributed by atoms with Gasteiger partial charge in [-0.3, -0.25) is 14.3 Å². The Morgan fingerprint density at radius 2 is 1.97 bits per heavy atom. The van der Waals surface area contributed by atoms with Crippen LogP contribution in [0.5, 0.6) is 5.75 Å². The highest BCUT2D eigenvalue weighted by atomic mass is 16.5. The van der Waals surface area contributed by atoms with E-state index in [4.69, 9.17) is 4.74 Å². The fourth-order valence-electron chi connectivity index (χ4n) is 3.67. The van der Waals surface area contributed by atoms with Gasteiger partial charge in [-0.25, -0.2) is 4.79 Å².